The van der Waals surface area contributed by atoms with Crippen molar-refractivity contribution in [3.63, 3.8) is 0 Å². The first kappa shape index (κ1) is 13.8. The molecule has 0 bridgehead atoms. The topological polar surface area (TPSA) is 43.0 Å². The van der Waals surface area contributed by atoms with Gasteiger partial charge in [0, 0.05) is 5.56 Å². The number of hydrogen-bond donors (Lipinski definition) is 1. The van der Waals surface area contributed by atoms with Crippen molar-refractivity contribution in [1.29, 1.82) is 0 Å². The fourth-order valence-corrected chi connectivity index (χ4v) is 2.67. The van der Waals surface area contributed by atoms with Crippen molar-refractivity contribution in [3.05, 3.63) is 48.0 Å². The molecule has 0 amide bonds. The van der Waals surface area contributed by atoms with Gasteiger partial charge in [0.25, 0.3) is 0 Å². The van der Waals surface area contributed by atoms with Crippen LogP contribution in [0.25, 0.3) is 0 Å². The Balaban J connectivity index is 2.39. The summed E-state index contributed by atoms with van der Waals surface area (Å²) < 4.78 is 26.7. The molecular formula is C14H19N2O2S+. The summed E-state index contributed by atoms with van der Waals surface area (Å²) in [4.78, 5) is 0.428. The summed E-state index contributed by atoms with van der Waals surface area (Å²) >= 11 is 0. The lowest BCUT2D eigenvalue weighted by molar-refractivity contribution is -0.688. The SMILES string of the molecule is CC(C)c1ccc(C[n+]2ccn(C)c2)c([SH](=O)=O)c1. The molecule has 102 valence electrons. The molecule has 1 aromatic heterocycles. The molecule has 0 aliphatic carbocycles. The van der Waals surface area contributed by atoms with Crippen LogP contribution in [0.3, 0.4) is 0 Å². The van der Waals surface area contributed by atoms with Crippen LogP contribution >= 0.6 is 0 Å². The van der Waals surface area contributed by atoms with E-state index in [-0.39, 0.29) is 0 Å². The van der Waals surface area contributed by atoms with E-state index < -0.39 is 10.7 Å². The van der Waals surface area contributed by atoms with Crippen molar-refractivity contribution < 1.29 is 13.0 Å². The predicted octanol–water partition coefficient (Wildman–Crippen LogP) is 1.45. The van der Waals surface area contributed by atoms with Crippen LogP contribution in [0.15, 0.2) is 41.8 Å². The first-order valence-electron chi connectivity index (χ1n) is 6.25. The van der Waals surface area contributed by atoms with Gasteiger partial charge in [-0.2, -0.15) is 0 Å². The third-order valence-corrected chi connectivity index (χ3v) is 3.96. The van der Waals surface area contributed by atoms with E-state index in [1.165, 1.54) is 0 Å². The Hall–Kier alpha value is -1.62. The molecule has 0 N–H and O–H groups in total. The Kier molecular flexibility index (Phi) is 4.04. The Labute approximate surface area is 115 Å². The molecule has 0 unspecified atom stereocenters. The predicted molar refractivity (Wildman–Crippen MR) is 73.8 cm³/mol. The average molecular weight is 279 g/mol. The van der Waals surface area contributed by atoms with E-state index in [1.807, 2.05) is 47.0 Å². The second-order valence-electron chi connectivity index (χ2n) is 5.05. The van der Waals surface area contributed by atoms with E-state index in [4.69, 9.17) is 0 Å². The molecule has 0 fully saturated rings. The van der Waals surface area contributed by atoms with E-state index in [0.29, 0.717) is 17.4 Å². The number of hydrogen-bond acceptors (Lipinski definition) is 2. The zero-order valence-corrected chi connectivity index (χ0v) is 12.3. The van der Waals surface area contributed by atoms with Crippen LogP contribution in [-0.2, 0) is 24.3 Å². The Morgan fingerprint density at radius 1 is 1.32 bits per heavy atom. The number of imidazole rings is 1. The molecule has 5 heteroatoms. The number of thiol groups is 1. The molecule has 0 aliphatic rings. The summed E-state index contributed by atoms with van der Waals surface area (Å²) in [5.41, 5.74) is 1.88. The number of nitrogens with zero attached hydrogens (tertiary/aromatic N) is 2. The lowest BCUT2D eigenvalue weighted by Crippen LogP contribution is -2.32. The molecule has 0 spiro atoms. The van der Waals surface area contributed by atoms with Gasteiger partial charge in [-0.3, -0.25) is 0 Å². The minimum Gasteiger partial charge on any atom is -0.240 e. The summed E-state index contributed by atoms with van der Waals surface area (Å²) in [6.07, 6.45) is 5.79. The van der Waals surface area contributed by atoms with Gasteiger partial charge in [-0.05, 0) is 17.5 Å². The summed E-state index contributed by atoms with van der Waals surface area (Å²) in [6, 6.07) is 5.71. The van der Waals surface area contributed by atoms with Crippen LogP contribution in [0.1, 0.15) is 30.9 Å². The Morgan fingerprint density at radius 2 is 2.05 bits per heavy atom. The summed E-state index contributed by atoms with van der Waals surface area (Å²) in [5.74, 6) is 0.326. The van der Waals surface area contributed by atoms with Gasteiger partial charge in [0.15, 0.2) is 10.7 Å². The molecule has 0 saturated heterocycles. The lowest BCUT2D eigenvalue weighted by Gasteiger charge is -2.09. The quantitative estimate of drug-likeness (QED) is 0.680. The molecule has 0 atom stereocenters. The third-order valence-electron chi connectivity index (χ3n) is 3.15. The molecule has 2 aromatic rings. The Morgan fingerprint density at radius 3 is 2.58 bits per heavy atom. The van der Waals surface area contributed by atoms with Crippen molar-refractivity contribution in [2.24, 2.45) is 7.05 Å². The third kappa shape index (κ3) is 3.23. The van der Waals surface area contributed by atoms with Gasteiger partial charge in [-0.15, -0.1) is 0 Å². The van der Waals surface area contributed by atoms with Crippen molar-refractivity contribution in [3.8, 4) is 0 Å². The fraction of sp³-hybridized carbons (Fsp3) is 0.357. The maximum Gasteiger partial charge on any atom is 0.243 e. The second kappa shape index (κ2) is 5.57. The van der Waals surface area contributed by atoms with Gasteiger partial charge in [-0.25, -0.2) is 17.6 Å². The zero-order chi connectivity index (χ0) is 14.0. The highest BCUT2D eigenvalue weighted by Crippen LogP contribution is 2.20. The maximum atomic E-state index is 11.4. The van der Waals surface area contributed by atoms with E-state index in [1.54, 1.807) is 6.07 Å². The highest BCUT2D eigenvalue weighted by atomic mass is 32.2. The van der Waals surface area contributed by atoms with Gasteiger partial charge in [0.05, 0.1) is 11.9 Å². The van der Waals surface area contributed by atoms with E-state index in [0.717, 1.165) is 11.1 Å². The van der Waals surface area contributed by atoms with Gasteiger partial charge < -0.3 is 0 Å². The zero-order valence-electron chi connectivity index (χ0n) is 11.4. The molecular weight excluding hydrogens is 260 g/mol. The van der Waals surface area contributed by atoms with E-state index in [2.05, 4.69) is 13.8 Å². The summed E-state index contributed by atoms with van der Waals surface area (Å²) in [7, 11) is -0.629. The smallest absolute Gasteiger partial charge is 0.240 e. The largest absolute Gasteiger partial charge is 0.243 e. The van der Waals surface area contributed by atoms with Crippen LogP contribution < -0.4 is 4.57 Å². The van der Waals surface area contributed by atoms with Crippen LogP contribution in [0.5, 0.6) is 0 Å². The monoisotopic (exact) mass is 279 g/mol. The van der Waals surface area contributed by atoms with Crippen LogP contribution in [-0.4, -0.2) is 13.0 Å². The number of aryl methyl sites for hydroxylation is 1. The lowest BCUT2D eigenvalue weighted by atomic mass is 10.0. The first-order valence-corrected chi connectivity index (χ1v) is 7.43. The molecule has 0 aliphatic heterocycles. The molecule has 4 nitrogen and oxygen atoms in total. The number of aromatic nitrogens is 2. The molecule has 2 rings (SSSR count). The summed E-state index contributed by atoms with van der Waals surface area (Å²) in [5, 5.41) is 0. The molecule has 19 heavy (non-hydrogen) atoms. The van der Waals surface area contributed by atoms with Crippen LogP contribution in [0.2, 0.25) is 0 Å². The second-order valence-corrected chi connectivity index (χ2v) is 6.05. The molecule has 1 heterocycles. The minimum atomic E-state index is -2.57. The van der Waals surface area contributed by atoms with Gasteiger partial charge in [-0.1, -0.05) is 26.0 Å². The van der Waals surface area contributed by atoms with Crippen LogP contribution in [0, 0.1) is 0 Å². The summed E-state index contributed by atoms with van der Waals surface area (Å²) in [6.45, 7) is 4.68. The van der Waals surface area contributed by atoms with Crippen LogP contribution in [0.4, 0.5) is 0 Å². The van der Waals surface area contributed by atoms with Gasteiger partial charge >= 0.3 is 0 Å². The van der Waals surface area contributed by atoms with Gasteiger partial charge in [0.1, 0.15) is 18.9 Å². The fourth-order valence-electron chi connectivity index (χ4n) is 2.04. The van der Waals surface area contributed by atoms with Gasteiger partial charge in [0.2, 0.25) is 6.33 Å². The normalized spacial score (nSPS) is 11.4. The highest BCUT2D eigenvalue weighted by molar-refractivity contribution is 7.72. The van der Waals surface area contributed by atoms with Crippen molar-refractivity contribution >= 4 is 10.7 Å². The number of rotatable bonds is 4. The highest BCUT2D eigenvalue weighted by Gasteiger charge is 2.11. The van der Waals surface area contributed by atoms with E-state index >= 15 is 0 Å². The molecule has 0 radical (unpaired) electrons. The standard InChI is InChI=1S/C14H19N2O2S/c1-11(2)12-4-5-13(14(8-12)19(17)18)9-16-7-6-15(3)10-16/h4-8,10-11,19H,9H2,1-3H3/q+1. The maximum absolute atomic E-state index is 11.4. The average Bonchev–Trinajstić information content (AvgIpc) is 2.74. The molecule has 0 saturated carbocycles. The van der Waals surface area contributed by atoms with E-state index in [9.17, 15) is 8.42 Å². The Bertz CT molecular complexity index is 649. The first-order chi connectivity index (χ1) is 8.97. The van der Waals surface area contributed by atoms with Crippen molar-refractivity contribution in [1.82, 2.24) is 4.57 Å². The number of benzene rings is 1. The van der Waals surface area contributed by atoms with Crippen molar-refractivity contribution in [2.45, 2.75) is 31.2 Å². The molecule has 1 aromatic carbocycles. The minimum absolute atomic E-state index is 0.326. The van der Waals surface area contributed by atoms with Crippen molar-refractivity contribution in [2.75, 3.05) is 0 Å².